The average Bonchev–Trinajstić information content (AvgIpc) is 2.34. The van der Waals surface area contributed by atoms with E-state index < -0.39 is 0 Å². The zero-order valence-electron chi connectivity index (χ0n) is 11.1. The maximum absolute atomic E-state index is 5.24. The van der Waals surface area contributed by atoms with Gasteiger partial charge < -0.3 is 10.1 Å². The normalized spacial score (nSPS) is 24.6. The maximum Gasteiger partial charge on any atom is 0.119 e. The summed E-state index contributed by atoms with van der Waals surface area (Å²) in [4.78, 5) is 0. The summed E-state index contributed by atoms with van der Waals surface area (Å²) in [5.74, 6) is 1.79. The summed E-state index contributed by atoms with van der Waals surface area (Å²) in [5, 5.41) is 3.64. The number of benzene rings is 1. The molecule has 94 valence electrons. The molecular formula is C15H23NO. The molecule has 0 aliphatic carbocycles. The van der Waals surface area contributed by atoms with Gasteiger partial charge in [0.2, 0.25) is 0 Å². The van der Waals surface area contributed by atoms with Crippen molar-refractivity contribution >= 4 is 0 Å². The highest BCUT2D eigenvalue weighted by Crippen LogP contribution is 2.21. The van der Waals surface area contributed by atoms with E-state index in [0.29, 0.717) is 6.04 Å². The molecule has 1 fully saturated rings. The van der Waals surface area contributed by atoms with Gasteiger partial charge in [0.15, 0.2) is 0 Å². The van der Waals surface area contributed by atoms with Crippen LogP contribution in [0, 0.1) is 12.8 Å². The Bertz CT molecular complexity index is 367. The Morgan fingerprint density at radius 2 is 2.18 bits per heavy atom. The molecule has 1 aliphatic heterocycles. The molecule has 0 spiro atoms. The summed E-state index contributed by atoms with van der Waals surface area (Å²) in [7, 11) is 1.72. The second kappa shape index (κ2) is 5.54. The lowest BCUT2D eigenvalue weighted by molar-refractivity contribution is 0.326. The number of ether oxygens (including phenoxy) is 1. The Kier molecular flexibility index (Phi) is 4.06. The van der Waals surface area contributed by atoms with Crippen molar-refractivity contribution in [1.29, 1.82) is 0 Å². The summed E-state index contributed by atoms with van der Waals surface area (Å²) in [6.07, 6.45) is 3.79. The van der Waals surface area contributed by atoms with E-state index >= 15 is 0 Å². The first kappa shape index (κ1) is 12.4. The Morgan fingerprint density at radius 1 is 1.35 bits per heavy atom. The molecule has 2 atom stereocenters. The molecule has 0 saturated carbocycles. The molecule has 2 nitrogen and oxygen atoms in total. The van der Waals surface area contributed by atoms with E-state index in [0.717, 1.165) is 18.1 Å². The standard InChI is InChI=1S/C15H23NO/c1-11-4-6-14(16-10-11)9-13-5-7-15(17-3)8-12(13)2/h5,7-8,11,14,16H,4,6,9-10H2,1-3H3. The summed E-state index contributed by atoms with van der Waals surface area (Å²) in [6, 6.07) is 7.04. The second-order valence-corrected chi connectivity index (χ2v) is 5.28. The number of piperidine rings is 1. The van der Waals surface area contributed by atoms with Crippen LogP contribution in [0.1, 0.15) is 30.9 Å². The molecule has 1 aromatic carbocycles. The Labute approximate surface area is 104 Å². The highest BCUT2D eigenvalue weighted by atomic mass is 16.5. The van der Waals surface area contributed by atoms with E-state index in [9.17, 15) is 0 Å². The Hall–Kier alpha value is -1.02. The van der Waals surface area contributed by atoms with Crippen LogP contribution in [0.25, 0.3) is 0 Å². The summed E-state index contributed by atoms with van der Waals surface area (Å²) >= 11 is 0. The van der Waals surface area contributed by atoms with Crippen LogP contribution >= 0.6 is 0 Å². The van der Waals surface area contributed by atoms with E-state index in [1.54, 1.807) is 7.11 Å². The van der Waals surface area contributed by atoms with Crippen LogP contribution in [0.2, 0.25) is 0 Å². The number of nitrogens with one attached hydrogen (secondary N) is 1. The number of aryl methyl sites for hydroxylation is 1. The highest BCUT2D eigenvalue weighted by molar-refractivity contribution is 5.35. The van der Waals surface area contributed by atoms with Crippen LogP contribution in [-0.4, -0.2) is 19.7 Å². The van der Waals surface area contributed by atoms with Gasteiger partial charge >= 0.3 is 0 Å². The molecule has 0 amide bonds. The molecular weight excluding hydrogens is 210 g/mol. The van der Waals surface area contributed by atoms with Gasteiger partial charge in [0, 0.05) is 6.04 Å². The molecule has 2 rings (SSSR count). The number of hydrogen-bond acceptors (Lipinski definition) is 2. The van der Waals surface area contributed by atoms with Crippen molar-refractivity contribution in [3.05, 3.63) is 29.3 Å². The van der Waals surface area contributed by atoms with Crippen LogP contribution < -0.4 is 10.1 Å². The fraction of sp³-hybridized carbons (Fsp3) is 0.600. The van der Waals surface area contributed by atoms with Gasteiger partial charge in [-0.3, -0.25) is 0 Å². The zero-order valence-corrected chi connectivity index (χ0v) is 11.1. The first-order valence-corrected chi connectivity index (χ1v) is 6.56. The number of rotatable bonds is 3. The van der Waals surface area contributed by atoms with E-state index in [1.807, 2.05) is 0 Å². The van der Waals surface area contributed by atoms with Crippen molar-refractivity contribution in [2.75, 3.05) is 13.7 Å². The Morgan fingerprint density at radius 3 is 2.76 bits per heavy atom. The van der Waals surface area contributed by atoms with Gasteiger partial charge in [-0.1, -0.05) is 13.0 Å². The van der Waals surface area contributed by atoms with Gasteiger partial charge in [0.1, 0.15) is 5.75 Å². The third kappa shape index (κ3) is 3.22. The zero-order chi connectivity index (χ0) is 12.3. The van der Waals surface area contributed by atoms with Gasteiger partial charge in [0.05, 0.1) is 7.11 Å². The Balaban J connectivity index is 1.99. The second-order valence-electron chi connectivity index (χ2n) is 5.28. The minimum absolute atomic E-state index is 0.651. The van der Waals surface area contributed by atoms with E-state index in [-0.39, 0.29) is 0 Å². The minimum Gasteiger partial charge on any atom is -0.497 e. The monoisotopic (exact) mass is 233 g/mol. The predicted molar refractivity (Wildman–Crippen MR) is 71.6 cm³/mol. The third-order valence-corrected chi connectivity index (χ3v) is 3.78. The smallest absolute Gasteiger partial charge is 0.119 e. The third-order valence-electron chi connectivity index (χ3n) is 3.78. The van der Waals surface area contributed by atoms with Crippen LogP contribution in [0.15, 0.2) is 18.2 Å². The van der Waals surface area contributed by atoms with Crippen molar-refractivity contribution in [2.45, 2.75) is 39.2 Å². The SMILES string of the molecule is COc1ccc(CC2CCC(C)CN2)c(C)c1. The fourth-order valence-corrected chi connectivity index (χ4v) is 2.52. The van der Waals surface area contributed by atoms with Gasteiger partial charge in [0.25, 0.3) is 0 Å². The van der Waals surface area contributed by atoms with Gasteiger partial charge in [-0.05, 0) is 61.9 Å². The first-order valence-electron chi connectivity index (χ1n) is 6.56. The fourth-order valence-electron chi connectivity index (χ4n) is 2.52. The van der Waals surface area contributed by atoms with E-state index in [4.69, 9.17) is 4.74 Å². The molecule has 1 heterocycles. The molecule has 1 saturated heterocycles. The first-order chi connectivity index (χ1) is 8.19. The lowest BCUT2D eigenvalue weighted by Crippen LogP contribution is -2.39. The minimum atomic E-state index is 0.651. The topological polar surface area (TPSA) is 21.3 Å². The van der Waals surface area contributed by atoms with Crippen molar-refractivity contribution in [1.82, 2.24) is 5.32 Å². The highest BCUT2D eigenvalue weighted by Gasteiger charge is 2.18. The lowest BCUT2D eigenvalue weighted by atomic mass is 9.91. The molecule has 1 N–H and O–H groups in total. The quantitative estimate of drug-likeness (QED) is 0.866. The van der Waals surface area contributed by atoms with E-state index in [2.05, 4.69) is 37.4 Å². The molecule has 1 aliphatic rings. The van der Waals surface area contributed by atoms with E-state index in [1.165, 1.54) is 30.5 Å². The maximum atomic E-state index is 5.24. The molecule has 0 bridgehead atoms. The summed E-state index contributed by atoms with van der Waals surface area (Å²) in [5.41, 5.74) is 2.78. The summed E-state index contributed by atoms with van der Waals surface area (Å²) in [6.45, 7) is 5.66. The number of methoxy groups -OCH3 is 1. The van der Waals surface area contributed by atoms with Crippen molar-refractivity contribution in [2.24, 2.45) is 5.92 Å². The van der Waals surface area contributed by atoms with Gasteiger partial charge in [-0.25, -0.2) is 0 Å². The van der Waals surface area contributed by atoms with Crippen molar-refractivity contribution in [3.8, 4) is 5.75 Å². The lowest BCUT2D eigenvalue weighted by Gasteiger charge is -2.28. The van der Waals surface area contributed by atoms with Crippen LogP contribution in [-0.2, 0) is 6.42 Å². The molecule has 0 aromatic heterocycles. The predicted octanol–water partition coefficient (Wildman–Crippen LogP) is 2.93. The van der Waals surface area contributed by atoms with Crippen molar-refractivity contribution in [3.63, 3.8) is 0 Å². The number of hydrogen-bond donors (Lipinski definition) is 1. The van der Waals surface area contributed by atoms with Crippen LogP contribution in [0.5, 0.6) is 5.75 Å². The molecule has 0 radical (unpaired) electrons. The summed E-state index contributed by atoms with van der Waals surface area (Å²) < 4.78 is 5.24. The molecule has 2 unspecified atom stereocenters. The largest absolute Gasteiger partial charge is 0.497 e. The van der Waals surface area contributed by atoms with Crippen LogP contribution in [0.3, 0.4) is 0 Å². The van der Waals surface area contributed by atoms with Crippen LogP contribution in [0.4, 0.5) is 0 Å². The van der Waals surface area contributed by atoms with Gasteiger partial charge in [-0.2, -0.15) is 0 Å². The molecule has 1 aromatic rings. The molecule has 17 heavy (non-hydrogen) atoms. The molecule has 2 heteroatoms. The van der Waals surface area contributed by atoms with Gasteiger partial charge in [-0.15, -0.1) is 0 Å². The average molecular weight is 233 g/mol. The van der Waals surface area contributed by atoms with Crippen molar-refractivity contribution < 1.29 is 4.74 Å².